The molecule has 1 atom stereocenters. The summed E-state index contributed by atoms with van der Waals surface area (Å²) >= 11 is 0. The fourth-order valence-electron chi connectivity index (χ4n) is 3.85. The second kappa shape index (κ2) is 8.03. The molecule has 31 heavy (non-hydrogen) atoms. The van der Waals surface area contributed by atoms with Crippen molar-refractivity contribution in [1.29, 1.82) is 0 Å². The zero-order valence-electron chi connectivity index (χ0n) is 16.6. The molecule has 0 saturated heterocycles. The van der Waals surface area contributed by atoms with Gasteiger partial charge in [-0.25, -0.2) is 4.39 Å². The smallest absolute Gasteiger partial charge is 0.251 e. The van der Waals surface area contributed by atoms with E-state index in [1.54, 1.807) is 30.6 Å². The molecule has 0 aliphatic carbocycles. The van der Waals surface area contributed by atoms with Crippen molar-refractivity contribution in [3.8, 4) is 0 Å². The van der Waals surface area contributed by atoms with Crippen LogP contribution in [-0.2, 0) is 6.42 Å². The molecular formula is C26H19FN2O2. The van der Waals surface area contributed by atoms with E-state index in [2.05, 4.69) is 10.3 Å². The zero-order chi connectivity index (χ0) is 21.2. The second-order valence-corrected chi connectivity index (χ2v) is 7.46. The number of aromatic nitrogens is 1. The van der Waals surface area contributed by atoms with Crippen LogP contribution in [0, 0.1) is 5.82 Å². The molecule has 5 rings (SSSR count). The Hall–Kier alpha value is -3.99. The van der Waals surface area contributed by atoms with Gasteiger partial charge >= 0.3 is 0 Å². The van der Waals surface area contributed by atoms with Crippen LogP contribution >= 0.6 is 0 Å². The predicted octanol–water partition coefficient (Wildman–Crippen LogP) is 5.83. The number of nitrogens with one attached hydrogen (secondary N) is 1. The van der Waals surface area contributed by atoms with E-state index >= 15 is 0 Å². The van der Waals surface area contributed by atoms with Crippen LogP contribution in [0.2, 0.25) is 0 Å². The van der Waals surface area contributed by atoms with Crippen molar-refractivity contribution in [2.24, 2.45) is 0 Å². The van der Waals surface area contributed by atoms with Crippen LogP contribution in [0.1, 0.15) is 27.5 Å². The first-order chi connectivity index (χ1) is 15.2. The van der Waals surface area contributed by atoms with E-state index in [0.717, 1.165) is 21.9 Å². The van der Waals surface area contributed by atoms with Gasteiger partial charge in [0.1, 0.15) is 11.4 Å². The van der Waals surface area contributed by atoms with Gasteiger partial charge in [-0.2, -0.15) is 0 Å². The molecule has 0 radical (unpaired) electrons. The van der Waals surface area contributed by atoms with Gasteiger partial charge in [-0.3, -0.25) is 9.78 Å². The standard InChI is InChI=1S/C26H19FN2O2/c27-20-8-4-5-17(13-20)14-23(18-6-2-1-3-7-18)29-26(30)19-9-10-21-22-11-12-28-16-25(22)31-24(21)15-19/h1-13,15-16,23H,14H2,(H,29,30). The van der Waals surface area contributed by atoms with Gasteiger partial charge in [0.25, 0.3) is 5.91 Å². The first-order valence-electron chi connectivity index (χ1n) is 10.0. The third kappa shape index (κ3) is 3.90. The molecule has 4 nitrogen and oxygen atoms in total. The number of rotatable bonds is 5. The maximum atomic E-state index is 13.7. The van der Waals surface area contributed by atoms with E-state index in [1.165, 1.54) is 12.1 Å². The zero-order valence-corrected chi connectivity index (χ0v) is 16.6. The molecule has 152 valence electrons. The molecular weight excluding hydrogens is 391 g/mol. The van der Waals surface area contributed by atoms with Gasteiger partial charge in [-0.1, -0.05) is 42.5 Å². The summed E-state index contributed by atoms with van der Waals surface area (Å²) in [6.07, 6.45) is 3.86. The Morgan fingerprint density at radius 3 is 2.61 bits per heavy atom. The normalized spacial score (nSPS) is 12.2. The highest BCUT2D eigenvalue weighted by Crippen LogP contribution is 2.29. The van der Waals surface area contributed by atoms with Gasteiger partial charge in [0.05, 0.1) is 12.2 Å². The number of carbonyl (C=O) groups excluding carboxylic acids is 1. The lowest BCUT2D eigenvalue weighted by Crippen LogP contribution is -2.30. The van der Waals surface area contributed by atoms with Gasteiger partial charge in [-0.05, 0) is 53.9 Å². The number of benzene rings is 3. The highest BCUT2D eigenvalue weighted by Gasteiger charge is 2.18. The summed E-state index contributed by atoms with van der Waals surface area (Å²) in [4.78, 5) is 17.2. The highest BCUT2D eigenvalue weighted by molar-refractivity contribution is 6.07. The fraction of sp³-hybridized carbons (Fsp3) is 0.0769. The van der Waals surface area contributed by atoms with Crippen LogP contribution in [-0.4, -0.2) is 10.9 Å². The Balaban J connectivity index is 1.45. The van der Waals surface area contributed by atoms with Gasteiger partial charge < -0.3 is 9.73 Å². The maximum Gasteiger partial charge on any atom is 0.251 e. The van der Waals surface area contributed by atoms with E-state index in [-0.39, 0.29) is 17.8 Å². The molecule has 1 amide bonds. The topological polar surface area (TPSA) is 55.1 Å². The minimum Gasteiger partial charge on any atom is -0.454 e. The lowest BCUT2D eigenvalue weighted by Gasteiger charge is -2.20. The molecule has 3 aromatic carbocycles. The van der Waals surface area contributed by atoms with E-state index < -0.39 is 0 Å². The Morgan fingerprint density at radius 2 is 1.77 bits per heavy atom. The quantitative estimate of drug-likeness (QED) is 0.396. The lowest BCUT2D eigenvalue weighted by molar-refractivity contribution is 0.0936. The van der Waals surface area contributed by atoms with E-state index in [4.69, 9.17) is 4.42 Å². The van der Waals surface area contributed by atoms with E-state index in [0.29, 0.717) is 23.2 Å². The summed E-state index contributed by atoms with van der Waals surface area (Å²) in [6, 6.07) is 23.2. The minimum absolute atomic E-state index is 0.217. The number of hydrogen-bond acceptors (Lipinski definition) is 3. The van der Waals surface area contributed by atoms with Crippen molar-refractivity contribution >= 4 is 27.8 Å². The van der Waals surface area contributed by atoms with E-state index in [1.807, 2.05) is 48.5 Å². The molecule has 0 aliphatic rings. The van der Waals surface area contributed by atoms with Crippen LogP contribution in [0.15, 0.2) is 95.7 Å². The predicted molar refractivity (Wildman–Crippen MR) is 118 cm³/mol. The molecule has 5 aromatic rings. The van der Waals surface area contributed by atoms with Crippen molar-refractivity contribution < 1.29 is 13.6 Å². The number of fused-ring (bicyclic) bond motifs is 3. The number of amides is 1. The van der Waals surface area contributed by atoms with Crippen LogP contribution < -0.4 is 5.32 Å². The van der Waals surface area contributed by atoms with E-state index in [9.17, 15) is 9.18 Å². The Kier molecular flexibility index (Phi) is 4.92. The second-order valence-electron chi connectivity index (χ2n) is 7.46. The van der Waals surface area contributed by atoms with Crippen LogP contribution in [0.3, 0.4) is 0 Å². The molecule has 5 heteroatoms. The van der Waals surface area contributed by atoms with Gasteiger partial charge in [0, 0.05) is 22.5 Å². The van der Waals surface area contributed by atoms with Crippen molar-refractivity contribution in [1.82, 2.24) is 10.3 Å². The average Bonchev–Trinajstić information content (AvgIpc) is 3.17. The number of pyridine rings is 1. The van der Waals surface area contributed by atoms with Crippen LogP contribution in [0.4, 0.5) is 4.39 Å². The van der Waals surface area contributed by atoms with Crippen molar-refractivity contribution in [2.45, 2.75) is 12.5 Å². The largest absolute Gasteiger partial charge is 0.454 e. The van der Waals surface area contributed by atoms with Crippen LogP contribution in [0.5, 0.6) is 0 Å². The molecule has 0 bridgehead atoms. The number of hydrogen-bond donors (Lipinski definition) is 1. The van der Waals surface area contributed by atoms with Crippen LogP contribution in [0.25, 0.3) is 21.9 Å². The molecule has 2 aromatic heterocycles. The Morgan fingerprint density at radius 1 is 0.935 bits per heavy atom. The summed E-state index contributed by atoms with van der Waals surface area (Å²) in [5.74, 6) is -0.508. The average molecular weight is 410 g/mol. The molecule has 1 N–H and O–H groups in total. The Labute approximate surface area is 178 Å². The first kappa shape index (κ1) is 19.0. The molecule has 2 heterocycles. The first-order valence-corrected chi connectivity index (χ1v) is 10.0. The SMILES string of the molecule is O=C(NC(Cc1cccc(F)c1)c1ccccc1)c1ccc2c(c1)oc1cnccc12. The molecule has 0 spiro atoms. The maximum absolute atomic E-state index is 13.7. The third-order valence-electron chi connectivity index (χ3n) is 5.37. The summed E-state index contributed by atoms with van der Waals surface area (Å²) in [5, 5.41) is 5.00. The monoisotopic (exact) mass is 410 g/mol. The highest BCUT2D eigenvalue weighted by atomic mass is 19.1. The summed E-state index contributed by atoms with van der Waals surface area (Å²) in [7, 11) is 0. The third-order valence-corrected chi connectivity index (χ3v) is 5.37. The van der Waals surface area contributed by atoms with Crippen molar-refractivity contribution in [3.05, 3.63) is 114 Å². The number of halogens is 1. The van der Waals surface area contributed by atoms with Crippen molar-refractivity contribution in [2.75, 3.05) is 0 Å². The fourth-order valence-corrected chi connectivity index (χ4v) is 3.85. The number of furan rings is 1. The number of carbonyl (C=O) groups is 1. The molecule has 0 saturated carbocycles. The summed E-state index contributed by atoms with van der Waals surface area (Å²) in [5.41, 5.74) is 3.59. The van der Waals surface area contributed by atoms with Gasteiger partial charge in [0.2, 0.25) is 0 Å². The van der Waals surface area contributed by atoms with Crippen molar-refractivity contribution in [3.63, 3.8) is 0 Å². The summed E-state index contributed by atoms with van der Waals surface area (Å²) in [6.45, 7) is 0. The summed E-state index contributed by atoms with van der Waals surface area (Å²) < 4.78 is 19.5. The lowest BCUT2D eigenvalue weighted by atomic mass is 9.98. The minimum atomic E-state index is -0.300. The molecule has 0 fully saturated rings. The van der Waals surface area contributed by atoms with Gasteiger partial charge in [-0.15, -0.1) is 0 Å². The molecule has 0 aliphatic heterocycles. The van der Waals surface area contributed by atoms with Gasteiger partial charge in [0.15, 0.2) is 5.58 Å². The molecule has 1 unspecified atom stereocenters. The number of nitrogens with zero attached hydrogens (tertiary/aromatic N) is 1. The Bertz CT molecular complexity index is 1380.